The normalized spacial score (nSPS) is 23.1. The molecule has 0 bridgehead atoms. The summed E-state index contributed by atoms with van der Waals surface area (Å²) in [6.07, 6.45) is 1.28. The second-order valence-corrected chi connectivity index (χ2v) is 6.58. The summed E-state index contributed by atoms with van der Waals surface area (Å²) in [5.41, 5.74) is 5.34. The third-order valence-corrected chi connectivity index (χ3v) is 4.68. The Hall–Kier alpha value is -1.08. The van der Waals surface area contributed by atoms with E-state index in [4.69, 9.17) is 5.73 Å². The molecular weight excluding hydrogens is 290 g/mol. The molecule has 3 nitrogen and oxygen atoms in total. The summed E-state index contributed by atoms with van der Waals surface area (Å²) in [5.74, 6) is -0.304. The van der Waals surface area contributed by atoms with E-state index in [0.717, 1.165) is 12.1 Å². The molecule has 1 aliphatic rings. The fourth-order valence-electron chi connectivity index (χ4n) is 2.00. The van der Waals surface area contributed by atoms with Crippen LogP contribution in [0.3, 0.4) is 0 Å². The van der Waals surface area contributed by atoms with E-state index in [2.05, 4.69) is 17.5 Å². The predicted octanol–water partition coefficient (Wildman–Crippen LogP) is 1.92. The van der Waals surface area contributed by atoms with Crippen molar-refractivity contribution < 1.29 is 13.0 Å². The largest absolute Gasteiger partial charge is 0.389 e. The van der Waals surface area contributed by atoms with E-state index < -0.39 is 22.4 Å². The van der Waals surface area contributed by atoms with Gasteiger partial charge in [0.25, 0.3) is 0 Å². The van der Waals surface area contributed by atoms with Crippen molar-refractivity contribution in [1.29, 1.82) is 0 Å². The van der Waals surface area contributed by atoms with Crippen LogP contribution in [0.1, 0.15) is 18.4 Å². The maximum Gasteiger partial charge on any atom is 0.150 e. The van der Waals surface area contributed by atoms with Gasteiger partial charge in [-0.05, 0) is 25.0 Å². The van der Waals surface area contributed by atoms with E-state index in [1.165, 1.54) is 0 Å². The third kappa shape index (κ3) is 3.48. The lowest BCUT2D eigenvalue weighted by molar-refractivity contribution is 0.570. The third-order valence-electron chi connectivity index (χ3n) is 3.06. The zero-order valence-electron chi connectivity index (χ0n) is 10.1. The van der Waals surface area contributed by atoms with Crippen molar-refractivity contribution in [1.82, 2.24) is 0 Å². The summed E-state index contributed by atoms with van der Waals surface area (Å²) in [4.78, 5) is -0.0441. The van der Waals surface area contributed by atoms with E-state index in [1.807, 2.05) is 0 Å². The Labute approximate surface area is 118 Å². The lowest BCUT2D eigenvalue weighted by Gasteiger charge is -2.24. The molecule has 0 atom stereocenters. The fraction of sp³-hybridized carbons (Fsp3) is 0.417. The molecule has 2 rings (SSSR count). The molecule has 0 aromatic heterocycles. The van der Waals surface area contributed by atoms with E-state index in [0.29, 0.717) is 24.3 Å². The first kappa shape index (κ1) is 14.3. The Morgan fingerprint density at radius 3 is 2.32 bits per heavy atom. The van der Waals surface area contributed by atoms with Crippen molar-refractivity contribution >= 4 is 33.7 Å². The predicted molar refractivity (Wildman–Crippen MR) is 76.8 cm³/mol. The Morgan fingerprint density at radius 1 is 1.32 bits per heavy atom. The Kier molecular flexibility index (Phi) is 4.46. The van der Waals surface area contributed by atoms with E-state index in [-0.39, 0.29) is 22.3 Å². The Bertz CT molecular complexity index is 503. The van der Waals surface area contributed by atoms with Crippen molar-refractivity contribution in [2.45, 2.75) is 18.9 Å². The maximum atomic E-state index is 13.8. The molecule has 1 aromatic rings. The average molecular weight is 304 g/mol. The van der Waals surface area contributed by atoms with Crippen LogP contribution in [0.25, 0.3) is 0 Å². The highest BCUT2D eigenvalue weighted by Crippen LogP contribution is 2.24. The first-order valence-corrected chi connectivity index (χ1v) is 7.77. The van der Waals surface area contributed by atoms with Gasteiger partial charge >= 0.3 is 0 Å². The first-order valence-electron chi connectivity index (χ1n) is 5.87. The molecule has 0 radical (unpaired) electrons. The minimum atomic E-state index is -0.801. The van der Waals surface area contributed by atoms with Gasteiger partial charge in [0.15, 0.2) is 0 Å². The summed E-state index contributed by atoms with van der Waals surface area (Å²) >= 11 is 4.69. The highest BCUT2D eigenvalue weighted by Gasteiger charge is 2.21. The molecule has 3 N–H and O–H groups in total. The minimum absolute atomic E-state index is 0.0441. The highest BCUT2D eigenvalue weighted by molar-refractivity contribution is 7.85. The monoisotopic (exact) mass is 304 g/mol. The van der Waals surface area contributed by atoms with Crippen molar-refractivity contribution in [3.05, 3.63) is 29.3 Å². The van der Waals surface area contributed by atoms with Crippen LogP contribution in [0.15, 0.2) is 12.1 Å². The smallest absolute Gasteiger partial charge is 0.150 e. The number of rotatable bonds is 3. The lowest BCUT2D eigenvalue weighted by atomic mass is 10.1. The van der Waals surface area contributed by atoms with Crippen molar-refractivity contribution in [2.75, 3.05) is 16.8 Å². The number of thiocarbonyl (C=S) groups is 1. The van der Waals surface area contributed by atoms with E-state index in [9.17, 15) is 13.0 Å². The van der Waals surface area contributed by atoms with Crippen molar-refractivity contribution in [3.8, 4) is 0 Å². The van der Waals surface area contributed by atoms with Crippen LogP contribution in [0.4, 0.5) is 14.5 Å². The highest BCUT2D eigenvalue weighted by atomic mass is 32.2. The lowest BCUT2D eigenvalue weighted by Crippen LogP contribution is -2.30. The van der Waals surface area contributed by atoms with Crippen LogP contribution < -0.4 is 11.1 Å². The molecular formula is C12H14F2N2OS2. The molecule has 104 valence electrons. The SMILES string of the molecule is NC(=S)c1cc(F)c(NC2CCS(=O)CC2)c(F)c1. The molecule has 0 spiro atoms. The molecule has 0 saturated carbocycles. The van der Waals surface area contributed by atoms with Crippen molar-refractivity contribution in [3.63, 3.8) is 0 Å². The van der Waals surface area contributed by atoms with Crippen LogP contribution in [-0.4, -0.2) is 26.7 Å². The summed E-state index contributed by atoms with van der Waals surface area (Å²) < 4.78 is 38.9. The molecule has 0 amide bonds. The second kappa shape index (κ2) is 5.92. The molecule has 0 unspecified atom stereocenters. The van der Waals surface area contributed by atoms with Crippen LogP contribution in [0.2, 0.25) is 0 Å². The molecule has 1 aliphatic heterocycles. The van der Waals surface area contributed by atoms with Crippen molar-refractivity contribution in [2.24, 2.45) is 5.73 Å². The van der Waals surface area contributed by atoms with Gasteiger partial charge in [0.2, 0.25) is 0 Å². The topological polar surface area (TPSA) is 55.1 Å². The Morgan fingerprint density at radius 2 is 1.84 bits per heavy atom. The second-order valence-electron chi connectivity index (χ2n) is 4.45. The van der Waals surface area contributed by atoms with Gasteiger partial charge in [-0.25, -0.2) is 8.78 Å². The van der Waals surface area contributed by atoms with Gasteiger partial charge in [-0.1, -0.05) is 12.2 Å². The number of halogens is 2. The number of nitrogens with two attached hydrogens (primary N) is 1. The van der Waals surface area contributed by atoms with Gasteiger partial charge in [0.05, 0.1) is 0 Å². The van der Waals surface area contributed by atoms with Crippen LogP contribution in [0.5, 0.6) is 0 Å². The van der Waals surface area contributed by atoms with Gasteiger partial charge in [0, 0.05) is 33.9 Å². The van der Waals surface area contributed by atoms with Gasteiger partial charge in [-0.2, -0.15) is 0 Å². The zero-order chi connectivity index (χ0) is 14.0. The molecule has 1 aromatic carbocycles. The van der Waals surface area contributed by atoms with Crippen LogP contribution >= 0.6 is 12.2 Å². The number of hydrogen-bond acceptors (Lipinski definition) is 3. The molecule has 0 aliphatic carbocycles. The zero-order valence-corrected chi connectivity index (χ0v) is 11.8. The molecule has 19 heavy (non-hydrogen) atoms. The van der Waals surface area contributed by atoms with Gasteiger partial charge < -0.3 is 11.1 Å². The number of benzene rings is 1. The number of nitrogens with one attached hydrogen (secondary N) is 1. The van der Waals surface area contributed by atoms with Crippen LogP contribution in [0, 0.1) is 11.6 Å². The standard InChI is InChI=1S/C12H14F2N2OS2/c13-9-5-7(12(15)18)6-10(14)11(9)16-8-1-3-19(17)4-2-8/h5-6,8,16H,1-4H2,(H2,15,18). The number of hydrogen-bond donors (Lipinski definition) is 2. The summed E-state index contributed by atoms with van der Waals surface area (Å²) in [6, 6.07) is 2.18. The fourth-order valence-corrected chi connectivity index (χ4v) is 3.41. The molecule has 7 heteroatoms. The first-order chi connectivity index (χ1) is 8.97. The summed E-state index contributed by atoms with van der Waals surface area (Å²) in [5, 5.41) is 2.84. The summed E-state index contributed by atoms with van der Waals surface area (Å²) in [7, 11) is -0.801. The van der Waals surface area contributed by atoms with Crippen LogP contribution in [-0.2, 0) is 10.8 Å². The van der Waals surface area contributed by atoms with E-state index >= 15 is 0 Å². The molecule has 1 heterocycles. The molecule has 1 fully saturated rings. The van der Waals surface area contributed by atoms with Gasteiger partial charge in [-0.15, -0.1) is 0 Å². The number of anilines is 1. The minimum Gasteiger partial charge on any atom is -0.389 e. The van der Waals surface area contributed by atoms with Gasteiger partial charge in [0.1, 0.15) is 22.3 Å². The summed E-state index contributed by atoms with van der Waals surface area (Å²) in [6.45, 7) is 0. The quantitative estimate of drug-likeness (QED) is 0.838. The Balaban J connectivity index is 2.16. The average Bonchev–Trinajstić information content (AvgIpc) is 2.35. The maximum absolute atomic E-state index is 13.8. The van der Waals surface area contributed by atoms with E-state index in [1.54, 1.807) is 0 Å². The molecule has 1 saturated heterocycles. The van der Waals surface area contributed by atoms with Gasteiger partial charge in [-0.3, -0.25) is 4.21 Å².